The van der Waals surface area contributed by atoms with Gasteiger partial charge in [-0.05, 0) is 48.6 Å². The lowest BCUT2D eigenvalue weighted by Gasteiger charge is -2.43. The lowest BCUT2D eigenvalue weighted by Crippen LogP contribution is -2.43. The van der Waals surface area contributed by atoms with Gasteiger partial charge in [0.15, 0.2) is 5.78 Å². The number of rotatable bonds is 2. The average Bonchev–Trinajstić information content (AvgIpc) is 2.62. The first kappa shape index (κ1) is 18.5. The molecular formula is C24H25NO3. The van der Waals surface area contributed by atoms with Crippen LogP contribution in [0, 0.1) is 12.3 Å². The van der Waals surface area contributed by atoms with E-state index in [1.54, 1.807) is 17.0 Å². The van der Waals surface area contributed by atoms with Crippen molar-refractivity contribution in [2.75, 3.05) is 4.90 Å². The zero-order chi connectivity index (χ0) is 20.1. The van der Waals surface area contributed by atoms with Crippen molar-refractivity contribution >= 4 is 17.4 Å². The summed E-state index contributed by atoms with van der Waals surface area (Å²) < 4.78 is 0. The molecule has 4 nitrogen and oxygen atoms in total. The number of benzene rings is 2. The van der Waals surface area contributed by atoms with Crippen LogP contribution in [-0.2, 0) is 9.59 Å². The predicted octanol–water partition coefficient (Wildman–Crippen LogP) is 4.86. The van der Waals surface area contributed by atoms with Gasteiger partial charge in [-0.25, -0.2) is 0 Å². The van der Waals surface area contributed by atoms with E-state index in [0.717, 1.165) is 28.1 Å². The van der Waals surface area contributed by atoms with Gasteiger partial charge in [-0.3, -0.25) is 14.5 Å². The number of aromatic hydroxyl groups is 1. The van der Waals surface area contributed by atoms with Gasteiger partial charge >= 0.3 is 0 Å². The van der Waals surface area contributed by atoms with E-state index in [1.807, 2.05) is 43.3 Å². The monoisotopic (exact) mass is 375 g/mol. The van der Waals surface area contributed by atoms with Crippen LogP contribution in [0.15, 0.2) is 59.8 Å². The summed E-state index contributed by atoms with van der Waals surface area (Å²) in [6.07, 6.45) is 1.42. The second-order valence-electron chi connectivity index (χ2n) is 8.71. The first-order valence-electron chi connectivity index (χ1n) is 9.70. The van der Waals surface area contributed by atoms with E-state index < -0.39 is 0 Å². The Labute approximate surface area is 165 Å². The minimum Gasteiger partial charge on any atom is -0.508 e. The lowest BCUT2D eigenvalue weighted by molar-refractivity contribution is -0.121. The van der Waals surface area contributed by atoms with E-state index >= 15 is 0 Å². The molecule has 0 aromatic heterocycles. The molecule has 1 aliphatic heterocycles. The fraction of sp³-hybridized carbons (Fsp3) is 0.333. The minimum absolute atomic E-state index is 0.00572. The fourth-order valence-corrected chi connectivity index (χ4v) is 4.40. The predicted molar refractivity (Wildman–Crippen MR) is 109 cm³/mol. The summed E-state index contributed by atoms with van der Waals surface area (Å²) in [5, 5.41) is 9.62. The van der Waals surface area contributed by atoms with Gasteiger partial charge in [-0.1, -0.05) is 43.7 Å². The number of amides is 1. The zero-order valence-electron chi connectivity index (χ0n) is 16.5. The van der Waals surface area contributed by atoms with Crippen LogP contribution in [0.25, 0.3) is 0 Å². The maximum atomic E-state index is 13.2. The summed E-state index contributed by atoms with van der Waals surface area (Å²) in [5.74, 6) is 0.0472. The number of anilines is 1. The van der Waals surface area contributed by atoms with Gasteiger partial charge in [0.2, 0.25) is 5.91 Å². The van der Waals surface area contributed by atoms with Crippen LogP contribution in [0.4, 0.5) is 5.69 Å². The quantitative estimate of drug-likeness (QED) is 0.815. The smallest absolute Gasteiger partial charge is 0.232 e. The Morgan fingerprint density at radius 2 is 1.61 bits per heavy atom. The van der Waals surface area contributed by atoms with Crippen molar-refractivity contribution in [2.24, 2.45) is 5.41 Å². The molecule has 2 aromatic carbocycles. The SMILES string of the molecule is Cc1ccc(N2C(=O)CC(c3ccc(O)cc3)C3=C2CC(C)(C)CC3=O)cc1. The molecule has 28 heavy (non-hydrogen) atoms. The van der Waals surface area contributed by atoms with Crippen molar-refractivity contribution in [3.8, 4) is 5.75 Å². The van der Waals surface area contributed by atoms with E-state index in [9.17, 15) is 14.7 Å². The molecule has 0 fully saturated rings. The van der Waals surface area contributed by atoms with Crippen molar-refractivity contribution in [3.05, 3.63) is 70.9 Å². The van der Waals surface area contributed by atoms with Crippen LogP contribution in [0.5, 0.6) is 5.75 Å². The van der Waals surface area contributed by atoms with E-state index in [2.05, 4.69) is 13.8 Å². The summed E-state index contributed by atoms with van der Waals surface area (Å²) in [5.41, 5.74) is 4.25. The molecule has 0 spiro atoms. The molecule has 2 aliphatic rings. The number of aryl methyl sites for hydroxylation is 1. The summed E-state index contributed by atoms with van der Waals surface area (Å²) in [7, 11) is 0. The van der Waals surface area contributed by atoms with Crippen molar-refractivity contribution in [1.29, 1.82) is 0 Å². The minimum atomic E-state index is -0.256. The molecule has 0 saturated heterocycles. The second kappa shape index (κ2) is 6.62. The lowest BCUT2D eigenvalue weighted by atomic mass is 9.69. The molecule has 1 amide bonds. The van der Waals surface area contributed by atoms with Gasteiger partial charge in [0.1, 0.15) is 5.75 Å². The number of hydrogen-bond donors (Lipinski definition) is 1. The van der Waals surface area contributed by atoms with Gasteiger partial charge in [-0.2, -0.15) is 0 Å². The molecule has 2 aromatic rings. The number of phenolic OH excluding ortho intramolecular Hbond substituents is 1. The van der Waals surface area contributed by atoms with E-state index in [4.69, 9.17) is 0 Å². The molecule has 1 heterocycles. The van der Waals surface area contributed by atoms with Crippen LogP contribution >= 0.6 is 0 Å². The number of phenols is 1. The highest BCUT2D eigenvalue weighted by atomic mass is 16.3. The van der Waals surface area contributed by atoms with Gasteiger partial charge in [0, 0.05) is 35.7 Å². The molecule has 4 rings (SSSR count). The van der Waals surface area contributed by atoms with Crippen molar-refractivity contribution < 1.29 is 14.7 Å². The third kappa shape index (κ3) is 3.24. The van der Waals surface area contributed by atoms with Crippen LogP contribution in [-0.4, -0.2) is 16.8 Å². The Morgan fingerprint density at radius 3 is 2.25 bits per heavy atom. The summed E-state index contributed by atoms with van der Waals surface area (Å²) in [6, 6.07) is 14.7. The van der Waals surface area contributed by atoms with Gasteiger partial charge < -0.3 is 5.11 Å². The standard InChI is InChI=1S/C24H25NO3/c1-15-4-8-17(9-5-15)25-20-13-24(2,3)14-21(27)23(20)19(12-22(25)28)16-6-10-18(26)11-7-16/h4-11,19,26H,12-14H2,1-3H3. The Bertz CT molecular complexity index is 968. The highest BCUT2D eigenvalue weighted by molar-refractivity contribution is 6.07. The molecule has 0 radical (unpaired) electrons. The molecule has 0 saturated carbocycles. The van der Waals surface area contributed by atoms with Gasteiger partial charge in [0.05, 0.1) is 0 Å². The summed E-state index contributed by atoms with van der Waals surface area (Å²) in [6.45, 7) is 6.17. The molecule has 4 heteroatoms. The van der Waals surface area contributed by atoms with Crippen molar-refractivity contribution in [2.45, 2.75) is 46.0 Å². The van der Waals surface area contributed by atoms with Crippen molar-refractivity contribution in [1.82, 2.24) is 0 Å². The highest BCUT2D eigenvalue weighted by Gasteiger charge is 2.44. The molecule has 144 valence electrons. The average molecular weight is 375 g/mol. The third-order valence-corrected chi connectivity index (χ3v) is 5.73. The number of hydrogen-bond acceptors (Lipinski definition) is 3. The second-order valence-corrected chi connectivity index (χ2v) is 8.71. The Hall–Kier alpha value is -2.88. The Morgan fingerprint density at radius 1 is 0.964 bits per heavy atom. The van der Waals surface area contributed by atoms with Crippen LogP contribution < -0.4 is 4.90 Å². The number of ketones is 1. The molecule has 1 atom stereocenters. The first-order chi connectivity index (χ1) is 13.2. The van der Waals surface area contributed by atoms with Crippen LogP contribution in [0.2, 0.25) is 0 Å². The number of carbonyl (C=O) groups is 2. The normalized spacial score (nSPS) is 21.7. The maximum absolute atomic E-state index is 13.2. The van der Waals surface area contributed by atoms with Gasteiger partial charge in [-0.15, -0.1) is 0 Å². The maximum Gasteiger partial charge on any atom is 0.232 e. The Kier molecular flexibility index (Phi) is 4.37. The van der Waals surface area contributed by atoms with Crippen LogP contribution in [0.3, 0.4) is 0 Å². The molecular weight excluding hydrogens is 350 g/mol. The summed E-state index contributed by atoms with van der Waals surface area (Å²) >= 11 is 0. The molecule has 0 bridgehead atoms. The first-order valence-corrected chi connectivity index (χ1v) is 9.70. The third-order valence-electron chi connectivity index (χ3n) is 5.73. The number of Topliss-reactive ketones (excluding diaryl/α,β-unsaturated/α-hetero) is 1. The Balaban J connectivity index is 1.88. The summed E-state index contributed by atoms with van der Waals surface area (Å²) in [4.78, 5) is 28.2. The molecule has 1 unspecified atom stereocenters. The zero-order valence-corrected chi connectivity index (χ0v) is 16.5. The molecule has 1 N–H and O–H groups in total. The number of carbonyl (C=O) groups excluding carboxylic acids is 2. The molecule has 1 aliphatic carbocycles. The fourth-order valence-electron chi connectivity index (χ4n) is 4.40. The topological polar surface area (TPSA) is 57.6 Å². The number of nitrogens with zero attached hydrogens (tertiary/aromatic N) is 1. The highest BCUT2D eigenvalue weighted by Crippen LogP contribution is 2.48. The van der Waals surface area contributed by atoms with E-state index in [1.165, 1.54) is 0 Å². The number of allylic oxidation sites excluding steroid dienone is 2. The van der Waals surface area contributed by atoms with Crippen LogP contribution in [0.1, 0.15) is 50.2 Å². The van der Waals surface area contributed by atoms with Gasteiger partial charge in [0.25, 0.3) is 0 Å². The van der Waals surface area contributed by atoms with E-state index in [-0.39, 0.29) is 35.2 Å². The largest absolute Gasteiger partial charge is 0.508 e. The van der Waals surface area contributed by atoms with Crippen molar-refractivity contribution in [3.63, 3.8) is 0 Å². The van der Waals surface area contributed by atoms with E-state index in [0.29, 0.717) is 12.8 Å².